The summed E-state index contributed by atoms with van der Waals surface area (Å²) in [6, 6.07) is 8.49. The number of carbonyl (C=O) groups excluding carboxylic acids is 1. The highest BCUT2D eigenvalue weighted by atomic mass is 16.5. The molecule has 1 aliphatic heterocycles. The van der Waals surface area contributed by atoms with Gasteiger partial charge in [0, 0.05) is 36.1 Å². The van der Waals surface area contributed by atoms with Gasteiger partial charge < -0.3 is 10.1 Å². The molecule has 2 aromatic carbocycles. The predicted molar refractivity (Wildman–Crippen MR) is 121 cm³/mol. The van der Waals surface area contributed by atoms with Crippen molar-refractivity contribution < 1.29 is 9.53 Å². The van der Waals surface area contributed by atoms with Crippen molar-refractivity contribution in [2.24, 2.45) is 5.41 Å². The fraction of sp³-hybridized carbons (Fsp3) is 0.500. The first-order valence-electron chi connectivity index (χ1n) is 10.6. The fourth-order valence-corrected chi connectivity index (χ4v) is 4.24. The quantitative estimate of drug-likeness (QED) is 0.663. The van der Waals surface area contributed by atoms with Crippen molar-refractivity contribution in [2.75, 3.05) is 5.32 Å². The smallest absolute Gasteiger partial charge is 0.224 e. The Balaban J connectivity index is 2.09. The summed E-state index contributed by atoms with van der Waals surface area (Å²) >= 11 is 0. The Morgan fingerprint density at radius 3 is 2.38 bits per heavy atom. The van der Waals surface area contributed by atoms with Gasteiger partial charge in [-0.3, -0.25) is 4.79 Å². The zero-order valence-corrected chi connectivity index (χ0v) is 19.2. The van der Waals surface area contributed by atoms with Crippen LogP contribution in [0.4, 0.5) is 5.69 Å². The van der Waals surface area contributed by atoms with E-state index >= 15 is 0 Å². The number of carbonyl (C=O) groups is 1. The molecule has 0 aliphatic carbocycles. The number of hydrogen-bond donors (Lipinski definition) is 1. The van der Waals surface area contributed by atoms with E-state index in [0.29, 0.717) is 6.42 Å². The number of fused-ring (bicyclic) bond motifs is 1. The Morgan fingerprint density at radius 2 is 1.76 bits per heavy atom. The zero-order valence-electron chi connectivity index (χ0n) is 19.2. The lowest BCUT2D eigenvalue weighted by atomic mass is 9.88. The monoisotopic (exact) mass is 393 g/mol. The van der Waals surface area contributed by atoms with Crippen LogP contribution < -0.4 is 10.1 Å². The average Bonchev–Trinajstić information content (AvgIpc) is 2.91. The Hall–Kier alpha value is -2.29. The van der Waals surface area contributed by atoms with Gasteiger partial charge in [-0.15, -0.1) is 0 Å². The largest absolute Gasteiger partial charge is 0.487 e. The Kier molecular flexibility index (Phi) is 5.55. The molecule has 3 nitrogen and oxygen atoms in total. The van der Waals surface area contributed by atoms with E-state index in [2.05, 4.69) is 85.0 Å². The number of aryl methyl sites for hydroxylation is 1. The lowest BCUT2D eigenvalue weighted by Crippen LogP contribution is -2.25. The molecule has 3 rings (SSSR count). The van der Waals surface area contributed by atoms with Crippen LogP contribution in [0, 0.1) is 26.2 Å². The van der Waals surface area contributed by atoms with Crippen molar-refractivity contribution in [1.29, 1.82) is 0 Å². The number of hydrogen-bond acceptors (Lipinski definition) is 2. The van der Waals surface area contributed by atoms with Gasteiger partial charge in [0.1, 0.15) is 11.4 Å². The third kappa shape index (κ3) is 4.66. The predicted octanol–water partition coefficient (Wildman–Crippen LogP) is 6.29. The average molecular weight is 394 g/mol. The third-order valence-corrected chi connectivity index (χ3v) is 5.77. The third-order valence-electron chi connectivity index (χ3n) is 5.77. The summed E-state index contributed by atoms with van der Waals surface area (Å²) in [6.07, 6.45) is 2.16. The summed E-state index contributed by atoms with van der Waals surface area (Å²) in [5.41, 5.74) is 7.93. The Labute approximate surface area is 175 Å². The number of benzene rings is 2. The highest BCUT2D eigenvalue weighted by molar-refractivity contribution is 5.93. The van der Waals surface area contributed by atoms with Crippen LogP contribution in [-0.4, -0.2) is 11.5 Å². The molecule has 1 aliphatic rings. The molecule has 156 valence electrons. The van der Waals surface area contributed by atoms with E-state index in [0.717, 1.165) is 35.4 Å². The first kappa shape index (κ1) is 21.4. The molecule has 1 amide bonds. The Bertz CT molecular complexity index is 948. The van der Waals surface area contributed by atoms with Crippen LogP contribution in [0.25, 0.3) is 0 Å². The second kappa shape index (κ2) is 7.51. The van der Waals surface area contributed by atoms with E-state index in [1.54, 1.807) is 0 Å². The summed E-state index contributed by atoms with van der Waals surface area (Å²) in [7, 11) is 0. The van der Waals surface area contributed by atoms with E-state index in [1.165, 1.54) is 22.3 Å². The number of rotatable bonds is 4. The van der Waals surface area contributed by atoms with E-state index in [1.807, 2.05) is 0 Å². The molecule has 0 radical (unpaired) electrons. The van der Waals surface area contributed by atoms with Gasteiger partial charge in [0.15, 0.2) is 0 Å². The maximum Gasteiger partial charge on any atom is 0.224 e. The van der Waals surface area contributed by atoms with Gasteiger partial charge in [0.25, 0.3) is 0 Å². The van der Waals surface area contributed by atoms with E-state index in [4.69, 9.17) is 4.74 Å². The lowest BCUT2D eigenvalue weighted by molar-refractivity contribution is -0.117. The lowest BCUT2D eigenvalue weighted by Gasteiger charge is -2.23. The van der Waals surface area contributed by atoms with Gasteiger partial charge in [-0.1, -0.05) is 45.0 Å². The fourth-order valence-electron chi connectivity index (χ4n) is 4.24. The summed E-state index contributed by atoms with van der Waals surface area (Å²) in [6.45, 7) is 16.9. The minimum absolute atomic E-state index is 0.0439. The zero-order chi connectivity index (χ0) is 21.6. The van der Waals surface area contributed by atoms with Crippen molar-refractivity contribution in [3.8, 4) is 5.75 Å². The molecule has 0 spiro atoms. The summed E-state index contributed by atoms with van der Waals surface area (Å²) < 4.78 is 6.43. The number of amides is 1. The van der Waals surface area contributed by atoms with Gasteiger partial charge >= 0.3 is 0 Å². The number of anilines is 1. The van der Waals surface area contributed by atoms with Gasteiger partial charge in [-0.2, -0.15) is 0 Å². The molecule has 29 heavy (non-hydrogen) atoms. The summed E-state index contributed by atoms with van der Waals surface area (Å²) in [5, 5.41) is 3.24. The normalized spacial score (nSPS) is 15.0. The molecule has 0 aromatic heterocycles. The number of ether oxygens (including phenoxy) is 1. The minimum Gasteiger partial charge on any atom is -0.487 e. The van der Waals surface area contributed by atoms with Gasteiger partial charge in [0.05, 0.1) is 0 Å². The van der Waals surface area contributed by atoms with Crippen LogP contribution in [0.15, 0.2) is 24.3 Å². The molecule has 1 heterocycles. The van der Waals surface area contributed by atoms with Crippen LogP contribution in [0.5, 0.6) is 5.75 Å². The topological polar surface area (TPSA) is 38.3 Å². The molecular weight excluding hydrogens is 358 g/mol. The van der Waals surface area contributed by atoms with Gasteiger partial charge in [0.2, 0.25) is 5.91 Å². The molecule has 1 N–H and O–H groups in total. The second-order valence-corrected chi connectivity index (χ2v) is 10.3. The van der Waals surface area contributed by atoms with Crippen molar-refractivity contribution in [1.82, 2.24) is 0 Å². The van der Waals surface area contributed by atoms with Crippen LogP contribution in [0.3, 0.4) is 0 Å². The SMILES string of the molecule is Cc1ccccc1Cc1c(C)c(NC(=O)CC(C)(C)C)c(C)c2c1OC(C)(C)C2. The molecule has 0 saturated carbocycles. The molecule has 2 aromatic rings. The van der Waals surface area contributed by atoms with Gasteiger partial charge in [-0.25, -0.2) is 0 Å². The van der Waals surface area contributed by atoms with Crippen LogP contribution >= 0.6 is 0 Å². The molecular formula is C26H35NO2. The van der Waals surface area contributed by atoms with Crippen molar-refractivity contribution in [2.45, 2.75) is 80.3 Å². The summed E-state index contributed by atoms with van der Waals surface area (Å²) in [4.78, 5) is 12.7. The van der Waals surface area contributed by atoms with Crippen LogP contribution in [-0.2, 0) is 17.6 Å². The van der Waals surface area contributed by atoms with Crippen molar-refractivity contribution in [3.05, 3.63) is 57.6 Å². The minimum atomic E-state index is -0.228. The van der Waals surface area contributed by atoms with E-state index < -0.39 is 0 Å². The standard InChI is InChI=1S/C26H35NO2/c1-16-11-9-10-12-19(16)13-20-17(2)23(27-22(28)15-25(4,5)6)18(3)21-14-26(7,8)29-24(20)21/h9-12H,13-15H2,1-8H3,(H,27,28). The van der Waals surface area contributed by atoms with Crippen LogP contribution in [0.1, 0.15) is 74.4 Å². The summed E-state index contributed by atoms with van der Waals surface area (Å²) in [5.74, 6) is 1.09. The highest BCUT2D eigenvalue weighted by Gasteiger charge is 2.35. The van der Waals surface area contributed by atoms with Gasteiger partial charge in [-0.05, 0) is 62.3 Å². The van der Waals surface area contributed by atoms with Crippen molar-refractivity contribution >= 4 is 11.6 Å². The maximum absolute atomic E-state index is 12.7. The highest BCUT2D eigenvalue weighted by Crippen LogP contribution is 2.45. The van der Waals surface area contributed by atoms with E-state index in [9.17, 15) is 4.79 Å². The number of nitrogens with one attached hydrogen (secondary N) is 1. The first-order chi connectivity index (χ1) is 13.4. The van der Waals surface area contributed by atoms with E-state index in [-0.39, 0.29) is 16.9 Å². The van der Waals surface area contributed by atoms with Crippen LogP contribution in [0.2, 0.25) is 0 Å². The molecule has 0 bridgehead atoms. The molecule has 3 heteroatoms. The van der Waals surface area contributed by atoms with Crippen molar-refractivity contribution in [3.63, 3.8) is 0 Å². The molecule has 0 fully saturated rings. The molecule has 0 atom stereocenters. The molecule has 0 saturated heterocycles. The first-order valence-corrected chi connectivity index (χ1v) is 10.6. The Morgan fingerprint density at radius 1 is 1.10 bits per heavy atom. The second-order valence-electron chi connectivity index (χ2n) is 10.3. The molecule has 0 unspecified atom stereocenters. The maximum atomic E-state index is 12.7.